The van der Waals surface area contributed by atoms with Crippen molar-refractivity contribution in [3.05, 3.63) is 40.7 Å². The molecule has 0 fully saturated rings. The Kier molecular flexibility index (Phi) is 3.26. The van der Waals surface area contributed by atoms with Crippen molar-refractivity contribution in [3.63, 3.8) is 0 Å². The Balaban J connectivity index is 2.25. The van der Waals surface area contributed by atoms with Crippen LogP contribution < -0.4 is 0 Å². The van der Waals surface area contributed by atoms with Gasteiger partial charge in [-0.3, -0.25) is 0 Å². The molecule has 1 aromatic carbocycles. The lowest BCUT2D eigenvalue weighted by atomic mass is 9.96. The van der Waals surface area contributed by atoms with Gasteiger partial charge in [0.05, 0.1) is 10.7 Å². The molecule has 1 unspecified atom stereocenters. The number of carboxylic acids is 1. The van der Waals surface area contributed by atoms with Crippen LogP contribution in [0.1, 0.15) is 41.9 Å². The predicted molar refractivity (Wildman–Crippen MR) is 77.3 cm³/mol. The molecule has 0 bridgehead atoms. The molecule has 0 saturated heterocycles. The number of benzene rings is 1. The topological polar surface area (TPSA) is 55.1 Å². The second-order valence-corrected chi connectivity index (χ2v) is 5.56. The number of rotatable bonds is 2. The van der Waals surface area contributed by atoms with Gasteiger partial charge in [-0.1, -0.05) is 30.7 Å². The third-order valence-electron chi connectivity index (χ3n) is 3.81. The van der Waals surface area contributed by atoms with Crippen LogP contribution >= 0.6 is 11.6 Å². The summed E-state index contributed by atoms with van der Waals surface area (Å²) in [5.41, 5.74) is 1.77. The standard InChI is InChI=1S/C15H15ClN2O2/c1-9-5-4-8-18-13(9)12(15(19)20)17-14(18)10-6-2-3-7-11(10)16/h2-3,6-7,9H,4-5,8H2,1H3,(H,19,20). The highest BCUT2D eigenvalue weighted by Gasteiger charge is 2.29. The maximum absolute atomic E-state index is 11.4. The fourth-order valence-electron chi connectivity index (χ4n) is 2.89. The highest BCUT2D eigenvalue weighted by Crippen LogP contribution is 2.36. The van der Waals surface area contributed by atoms with E-state index in [4.69, 9.17) is 11.6 Å². The summed E-state index contributed by atoms with van der Waals surface area (Å²) in [6.07, 6.45) is 2.02. The zero-order valence-corrected chi connectivity index (χ0v) is 11.9. The van der Waals surface area contributed by atoms with Gasteiger partial charge in [-0.2, -0.15) is 0 Å². The first kappa shape index (κ1) is 13.2. The van der Waals surface area contributed by atoms with Gasteiger partial charge in [0.2, 0.25) is 0 Å². The number of aromatic carboxylic acids is 1. The first-order valence-electron chi connectivity index (χ1n) is 6.68. The minimum atomic E-state index is -0.971. The van der Waals surface area contributed by atoms with E-state index >= 15 is 0 Å². The lowest BCUT2D eigenvalue weighted by Crippen LogP contribution is -2.16. The van der Waals surface area contributed by atoms with Crippen LogP contribution in [-0.2, 0) is 6.54 Å². The quantitative estimate of drug-likeness (QED) is 0.915. The van der Waals surface area contributed by atoms with Gasteiger partial charge >= 0.3 is 5.97 Å². The summed E-state index contributed by atoms with van der Waals surface area (Å²) < 4.78 is 2.01. The molecule has 1 aliphatic rings. The number of carbonyl (C=O) groups is 1. The third kappa shape index (κ3) is 2.00. The SMILES string of the molecule is CC1CCCn2c(-c3ccccc3Cl)nc(C(=O)O)c21. The van der Waals surface area contributed by atoms with E-state index in [0.29, 0.717) is 10.8 Å². The molecule has 20 heavy (non-hydrogen) atoms. The van der Waals surface area contributed by atoms with Gasteiger partial charge in [-0.25, -0.2) is 9.78 Å². The third-order valence-corrected chi connectivity index (χ3v) is 4.14. The van der Waals surface area contributed by atoms with Gasteiger partial charge in [0.1, 0.15) is 5.82 Å². The lowest BCUT2D eigenvalue weighted by Gasteiger charge is -2.23. The monoisotopic (exact) mass is 290 g/mol. The van der Waals surface area contributed by atoms with E-state index in [9.17, 15) is 9.90 Å². The van der Waals surface area contributed by atoms with E-state index in [1.165, 1.54) is 0 Å². The molecule has 1 N–H and O–H groups in total. The first-order valence-corrected chi connectivity index (χ1v) is 7.06. The molecule has 1 aromatic heterocycles. The second-order valence-electron chi connectivity index (χ2n) is 5.15. The summed E-state index contributed by atoms with van der Waals surface area (Å²) in [4.78, 5) is 15.8. The molecule has 5 heteroatoms. The van der Waals surface area contributed by atoms with Crippen LogP contribution in [0.15, 0.2) is 24.3 Å². The summed E-state index contributed by atoms with van der Waals surface area (Å²) in [5.74, 6) is -0.103. The number of carboxylic acid groups (broad SMARTS) is 1. The fourth-order valence-corrected chi connectivity index (χ4v) is 3.11. The fraction of sp³-hybridized carbons (Fsp3) is 0.333. The average Bonchev–Trinajstić information content (AvgIpc) is 2.80. The van der Waals surface area contributed by atoms with Crippen LogP contribution in [0, 0.1) is 0 Å². The number of aromatic nitrogens is 2. The molecule has 0 radical (unpaired) electrons. The number of fused-ring (bicyclic) bond motifs is 1. The molecule has 0 aliphatic carbocycles. The zero-order chi connectivity index (χ0) is 14.3. The summed E-state index contributed by atoms with van der Waals surface area (Å²) in [6, 6.07) is 7.41. The van der Waals surface area contributed by atoms with Crippen LogP contribution in [0.3, 0.4) is 0 Å². The summed E-state index contributed by atoms with van der Waals surface area (Å²) in [5, 5.41) is 9.97. The smallest absolute Gasteiger partial charge is 0.356 e. The van der Waals surface area contributed by atoms with Crippen LogP contribution in [-0.4, -0.2) is 20.6 Å². The van der Waals surface area contributed by atoms with Crippen molar-refractivity contribution in [3.8, 4) is 11.4 Å². The maximum Gasteiger partial charge on any atom is 0.356 e. The van der Waals surface area contributed by atoms with E-state index in [-0.39, 0.29) is 11.6 Å². The van der Waals surface area contributed by atoms with Gasteiger partial charge in [-0.05, 0) is 30.9 Å². The van der Waals surface area contributed by atoms with Crippen molar-refractivity contribution >= 4 is 17.6 Å². The molecule has 0 amide bonds. The highest BCUT2D eigenvalue weighted by atomic mass is 35.5. The van der Waals surface area contributed by atoms with E-state index in [1.807, 2.05) is 22.8 Å². The van der Waals surface area contributed by atoms with Crippen LogP contribution in [0.5, 0.6) is 0 Å². The molecule has 0 saturated carbocycles. The summed E-state index contributed by atoms with van der Waals surface area (Å²) in [7, 11) is 0. The van der Waals surface area contributed by atoms with Crippen molar-refractivity contribution in [2.45, 2.75) is 32.2 Å². The van der Waals surface area contributed by atoms with Crippen molar-refractivity contribution in [1.82, 2.24) is 9.55 Å². The number of halogens is 1. The van der Waals surface area contributed by atoms with Crippen molar-refractivity contribution in [2.24, 2.45) is 0 Å². The van der Waals surface area contributed by atoms with E-state index in [1.54, 1.807) is 6.07 Å². The van der Waals surface area contributed by atoms with Crippen molar-refractivity contribution < 1.29 is 9.90 Å². The first-order chi connectivity index (χ1) is 9.59. The number of imidazole rings is 1. The van der Waals surface area contributed by atoms with Gasteiger partial charge < -0.3 is 9.67 Å². The molecule has 3 rings (SSSR count). The largest absolute Gasteiger partial charge is 0.476 e. The predicted octanol–water partition coefficient (Wildman–Crippen LogP) is 3.80. The second kappa shape index (κ2) is 4.94. The van der Waals surface area contributed by atoms with Gasteiger partial charge in [0.15, 0.2) is 5.69 Å². The molecule has 1 aliphatic heterocycles. The maximum atomic E-state index is 11.4. The molecular formula is C15H15ClN2O2. The normalized spacial score (nSPS) is 17.8. The Labute approximate surface area is 122 Å². The average molecular weight is 291 g/mol. The van der Waals surface area contributed by atoms with Gasteiger partial charge in [0, 0.05) is 12.1 Å². The molecule has 104 valence electrons. The number of nitrogens with zero attached hydrogens (tertiary/aromatic N) is 2. The molecule has 0 spiro atoms. The number of hydrogen-bond acceptors (Lipinski definition) is 2. The molecule has 4 nitrogen and oxygen atoms in total. The molecule has 2 aromatic rings. The molecule has 2 heterocycles. The summed E-state index contributed by atoms with van der Waals surface area (Å²) in [6.45, 7) is 2.84. The Bertz CT molecular complexity index is 679. The van der Waals surface area contributed by atoms with Crippen molar-refractivity contribution in [1.29, 1.82) is 0 Å². The van der Waals surface area contributed by atoms with Crippen LogP contribution in [0.2, 0.25) is 5.02 Å². The lowest BCUT2D eigenvalue weighted by molar-refractivity contribution is 0.0688. The summed E-state index contributed by atoms with van der Waals surface area (Å²) >= 11 is 6.23. The Hall–Kier alpha value is -1.81. The van der Waals surface area contributed by atoms with E-state index < -0.39 is 5.97 Å². The van der Waals surface area contributed by atoms with Crippen molar-refractivity contribution in [2.75, 3.05) is 0 Å². The Morgan fingerprint density at radius 3 is 2.90 bits per heavy atom. The number of hydrogen-bond donors (Lipinski definition) is 1. The Morgan fingerprint density at radius 2 is 2.20 bits per heavy atom. The van der Waals surface area contributed by atoms with E-state index in [2.05, 4.69) is 11.9 Å². The molecular weight excluding hydrogens is 276 g/mol. The minimum absolute atomic E-state index is 0.159. The Morgan fingerprint density at radius 1 is 1.45 bits per heavy atom. The van der Waals surface area contributed by atoms with Gasteiger partial charge in [-0.15, -0.1) is 0 Å². The molecule has 1 atom stereocenters. The van der Waals surface area contributed by atoms with Crippen LogP contribution in [0.4, 0.5) is 0 Å². The minimum Gasteiger partial charge on any atom is -0.476 e. The zero-order valence-electron chi connectivity index (χ0n) is 11.1. The highest BCUT2D eigenvalue weighted by molar-refractivity contribution is 6.33. The van der Waals surface area contributed by atoms with E-state index in [0.717, 1.165) is 30.6 Å². The van der Waals surface area contributed by atoms with Gasteiger partial charge in [0.25, 0.3) is 0 Å². The van der Waals surface area contributed by atoms with Crippen LogP contribution in [0.25, 0.3) is 11.4 Å².